The zero-order valence-corrected chi connectivity index (χ0v) is 2.38. The van der Waals surface area contributed by atoms with E-state index in [1.807, 2.05) is 0 Å². The minimum atomic E-state index is 0. The largest absolute Gasteiger partial charge is 0.380 e. The highest BCUT2D eigenvalue weighted by Gasteiger charge is 0.935. The first-order valence-corrected chi connectivity index (χ1v) is 0.333. The summed E-state index contributed by atoms with van der Waals surface area (Å²) in [7, 11) is 4.00. The molecule has 0 unspecified atom stereocenters. The molecule has 0 aliphatic heterocycles. The Morgan fingerprint density at radius 2 is 0.800 bits per heavy atom. The van der Waals surface area contributed by atoms with Crippen molar-refractivity contribution in [3.8, 4) is 0 Å². The smallest absolute Gasteiger partial charge is 0.174 e. The van der Waals surface area contributed by atoms with Crippen molar-refractivity contribution in [3.05, 3.63) is 0 Å². The van der Waals surface area contributed by atoms with E-state index >= 15 is 0 Å². The van der Waals surface area contributed by atoms with Crippen LogP contribution in [-0.2, 0) is 0 Å². The maximum Gasteiger partial charge on any atom is 0.174 e. The summed E-state index contributed by atoms with van der Waals surface area (Å²) in [6.45, 7) is 0. The van der Waals surface area contributed by atoms with E-state index in [9.17, 15) is 0 Å². The maximum absolute atomic E-state index is 4.00. The molecule has 0 aromatic carbocycles. The molecule has 0 aromatic rings. The predicted octanol–water partition coefficient (Wildman–Crippen LogP) is -0.514. The summed E-state index contributed by atoms with van der Waals surface area (Å²) in [6.07, 6.45) is 0. The highest BCUT2D eigenvalue weighted by molar-refractivity contribution is 6.02. The number of hydrogen-bond donors (Lipinski definition) is 1. The number of nitrogens with two attached hydrogens (primary N) is 1. The third-order valence-electron chi connectivity index (χ3n) is 0. The van der Waals surface area contributed by atoms with E-state index in [0.717, 1.165) is 0 Å². The van der Waals surface area contributed by atoms with Gasteiger partial charge in [-0.25, -0.2) is 0 Å². The van der Waals surface area contributed by atoms with Crippen molar-refractivity contribution in [2.24, 2.45) is 5.64 Å². The van der Waals surface area contributed by atoms with Gasteiger partial charge >= 0.3 is 0 Å². The maximum atomic E-state index is 4.00. The Kier molecular flexibility index (Phi) is 18600. The van der Waals surface area contributed by atoms with Crippen LogP contribution in [0.2, 0.25) is 0 Å². The van der Waals surface area contributed by atoms with Crippen LogP contribution >= 0.6 is 0 Å². The van der Waals surface area contributed by atoms with Crippen molar-refractivity contribution in [3.63, 3.8) is 0 Å². The van der Waals surface area contributed by atoms with Gasteiger partial charge in [0, 0.05) is 0 Å². The van der Waals surface area contributed by atoms with Crippen molar-refractivity contribution in [1.82, 2.24) is 0 Å². The number of rotatable bonds is 0. The van der Waals surface area contributed by atoms with Crippen LogP contribution in [0, 0.1) is 0 Å². The number of hydrogen-bond acceptors (Lipinski definition) is 1. The molecule has 0 bridgehead atoms. The second kappa shape index (κ2) is 883. The summed E-state index contributed by atoms with van der Waals surface area (Å²) in [5.41, 5.74) is 4.00. The molecule has 5 heteroatoms. The fourth-order valence-electron chi connectivity index (χ4n) is 0. The molecule has 2 N–H and O–H groups in total. The Bertz CT molecular complexity index is 6.85. The van der Waals surface area contributed by atoms with Gasteiger partial charge in [-0.3, -0.25) is 14.1 Å². The summed E-state index contributed by atoms with van der Waals surface area (Å²) in [4.78, 5) is 0. The van der Waals surface area contributed by atoms with Crippen molar-refractivity contribution in [2.45, 2.75) is 0 Å². The van der Waals surface area contributed by atoms with Gasteiger partial charge in [0.1, 0.15) is 0 Å². The van der Waals surface area contributed by atoms with E-state index in [1.165, 1.54) is 0 Å². The van der Waals surface area contributed by atoms with Crippen LogP contribution in [0.3, 0.4) is 0 Å². The van der Waals surface area contributed by atoms with Crippen LogP contribution in [0.25, 0.3) is 0 Å². The first-order chi connectivity index (χ1) is 1.00. The molecule has 0 heterocycles. The molecule has 0 aromatic heterocycles. The SMILES string of the molecule is F.F.F.[B]N. The van der Waals surface area contributed by atoms with Gasteiger partial charge in [0.25, 0.3) is 0 Å². The van der Waals surface area contributed by atoms with Crippen molar-refractivity contribution < 1.29 is 14.1 Å². The molecule has 0 aliphatic carbocycles. The molecule has 1 nitrogen and oxygen atoms in total. The van der Waals surface area contributed by atoms with Gasteiger partial charge in [0.05, 0.1) is 0 Å². The first kappa shape index (κ1) is 106. The van der Waals surface area contributed by atoms with Crippen LogP contribution in [0.5, 0.6) is 0 Å². The Labute approximate surface area is 29.1 Å². The lowest BCUT2D eigenvalue weighted by Crippen LogP contribution is -1.75. The Balaban J connectivity index is -0.00000000167. The minimum Gasteiger partial charge on any atom is -0.380 e. The molecule has 0 rings (SSSR count). The van der Waals surface area contributed by atoms with Crippen molar-refractivity contribution >= 4 is 7.98 Å². The monoisotopic (exact) mass is 87.0 g/mol. The van der Waals surface area contributed by atoms with Crippen LogP contribution in [0.4, 0.5) is 14.1 Å². The van der Waals surface area contributed by atoms with Gasteiger partial charge < -0.3 is 5.64 Å². The topological polar surface area (TPSA) is 26.0 Å². The van der Waals surface area contributed by atoms with Gasteiger partial charge in [-0.15, -0.1) is 0 Å². The molecule has 0 fully saturated rings. The summed E-state index contributed by atoms with van der Waals surface area (Å²) in [5.74, 6) is 0. The zero-order chi connectivity index (χ0) is 2.00. The third-order valence-corrected chi connectivity index (χ3v) is 0. The van der Waals surface area contributed by atoms with E-state index < -0.39 is 0 Å². The van der Waals surface area contributed by atoms with Crippen LogP contribution in [0.1, 0.15) is 0 Å². The van der Waals surface area contributed by atoms with E-state index in [0.29, 0.717) is 0 Å². The molecule has 0 saturated heterocycles. The lowest BCUT2D eigenvalue weighted by atomic mass is 10.5. The molecule has 0 aliphatic rings. The van der Waals surface area contributed by atoms with Gasteiger partial charge in [-0.1, -0.05) is 0 Å². The molecule has 0 saturated carbocycles. The van der Waals surface area contributed by atoms with Gasteiger partial charge in [0.15, 0.2) is 7.98 Å². The highest BCUT2D eigenvalue weighted by atomic mass is 19.0. The summed E-state index contributed by atoms with van der Waals surface area (Å²) >= 11 is 0. The van der Waals surface area contributed by atoms with Gasteiger partial charge in [-0.2, -0.15) is 0 Å². The van der Waals surface area contributed by atoms with Crippen LogP contribution < -0.4 is 5.64 Å². The number of halogens is 3. The first-order valence-electron chi connectivity index (χ1n) is 0.333. The normalized spacial score (nSPS) is 1.00. The molecular formula is H5BF3N. The molecule has 2 radical (unpaired) electrons. The lowest BCUT2D eigenvalue weighted by molar-refractivity contribution is 1.11. The molecule has 5 heavy (non-hydrogen) atoms. The average molecular weight is 86.9 g/mol. The summed E-state index contributed by atoms with van der Waals surface area (Å²) in [6, 6.07) is 0. The fourth-order valence-corrected chi connectivity index (χ4v) is 0. The van der Waals surface area contributed by atoms with E-state index in [-0.39, 0.29) is 14.1 Å². The highest BCUT2D eigenvalue weighted by Crippen LogP contribution is 0.422. The standard InChI is InChI=1S/BH2N.3FH/c1-2;;;/h2H2;3*1H. The summed E-state index contributed by atoms with van der Waals surface area (Å²) in [5, 5.41) is 0. The summed E-state index contributed by atoms with van der Waals surface area (Å²) < 4.78 is 0. The Morgan fingerprint density at radius 1 is 0.800 bits per heavy atom. The van der Waals surface area contributed by atoms with Crippen molar-refractivity contribution in [1.29, 1.82) is 0 Å². The Hall–Kier alpha value is -0.185. The van der Waals surface area contributed by atoms with E-state index in [2.05, 4.69) is 13.6 Å². The van der Waals surface area contributed by atoms with Gasteiger partial charge in [-0.05, 0) is 0 Å². The van der Waals surface area contributed by atoms with Gasteiger partial charge in [0.2, 0.25) is 0 Å². The molecular weight excluding hydrogens is 81.8 g/mol. The quantitative estimate of drug-likeness (QED) is 0.395. The molecule has 34 valence electrons. The Morgan fingerprint density at radius 3 is 0.800 bits per heavy atom. The minimum absolute atomic E-state index is 0. The fraction of sp³-hybridized carbons (Fsp3) is 0. The lowest BCUT2D eigenvalue weighted by Gasteiger charge is -1.14. The second-order valence-electron chi connectivity index (χ2n) is 0. The average Bonchev–Trinajstić information content (AvgIpc) is 1.00. The third kappa shape index (κ3) is 367. The van der Waals surface area contributed by atoms with Crippen molar-refractivity contribution in [2.75, 3.05) is 0 Å². The molecule has 0 atom stereocenters. The van der Waals surface area contributed by atoms with Crippen LogP contribution in [-0.4, -0.2) is 7.98 Å². The zero-order valence-electron chi connectivity index (χ0n) is 2.38. The molecule has 0 amide bonds. The molecule has 0 spiro atoms. The van der Waals surface area contributed by atoms with E-state index in [1.54, 1.807) is 0 Å². The van der Waals surface area contributed by atoms with Crippen LogP contribution in [0.15, 0.2) is 0 Å². The van der Waals surface area contributed by atoms with E-state index in [4.69, 9.17) is 0 Å². The second-order valence-corrected chi connectivity index (χ2v) is 0. The predicted molar refractivity (Wildman–Crippen MR) is 17.5 cm³/mol.